The molecular formula is C18H20N4O6S2. The average Bonchev–Trinajstić information content (AvgIpc) is 3.14. The molecule has 0 aliphatic carbocycles. The number of hydrogen-bond donors (Lipinski definition) is 1. The van der Waals surface area contributed by atoms with E-state index in [0.717, 1.165) is 10.7 Å². The quantitative estimate of drug-likeness (QED) is 0.506. The molecule has 2 aromatic carbocycles. The summed E-state index contributed by atoms with van der Waals surface area (Å²) in [6, 6.07) is 11.5. The maximum Gasteiger partial charge on any atom is 0.269 e. The first-order chi connectivity index (χ1) is 14.0. The lowest BCUT2D eigenvalue weighted by molar-refractivity contribution is -0.384. The van der Waals surface area contributed by atoms with E-state index in [2.05, 4.69) is 9.82 Å². The molecule has 0 saturated carbocycles. The van der Waals surface area contributed by atoms with Crippen molar-refractivity contribution in [2.24, 2.45) is 5.10 Å². The van der Waals surface area contributed by atoms with Crippen molar-refractivity contribution >= 4 is 37.1 Å². The summed E-state index contributed by atoms with van der Waals surface area (Å²) >= 11 is 0. The van der Waals surface area contributed by atoms with Gasteiger partial charge in [0.05, 0.1) is 28.7 Å². The highest BCUT2D eigenvalue weighted by Gasteiger charge is 2.35. The van der Waals surface area contributed by atoms with Gasteiger partial charge in [-0.1, -0.05) is 24.3 Å². The number of hydrazone groups is 1. The van der Waals surface area contributed by atoms with E-state index >= 15 is 0 Å². The Morgan fingerprint density at radius 1 is 1.17 bits per heavy atom. The second-order valence-electron chi connectivity index (χ2n) is 6.74. The molecule has 0 spiro atoms. The van der Waals surface area contributed by atoms with Gasteiger partial charge < -0.3 is 0 Å². The van der Waals surface area contributed by atoms with Gasteiger partial charge in [0.15, 0.2) is 0 Å². The van der Waals surface area contributed by atoms with Crippen molar-refractivity contribution in [3.8, 4) is 0 Å². The Balaban J connectivity index is 1.92. The van der Waals surface area contributed by atoms with Crippen molar-refractivity contribution in [3.05, 3.63) is 69.8 Å². The third kappa shape index (κ3) is 4.76. The Labute approximate surface area is 174 Å². The van der Waals surface area contributed by atoms with Crippen LogP contribution in [0.15, 0.2) is 53.6 Å². The van der Waals surface area contributed by atoms with Gasteiger partial charge in [0, 0.05) is 24.2 Å². The minimum absolute atomic E-state index is 0.0598. The number of anilines is 1. The molecule has 0 aromatic heterocycles. The summed E-state index contributed by atoms with van der Waals surface area (Å²) in [5.41, 5.74) is 1.80. The Morgan fingerprint density at radius 2 is 1.83 bits per heavy atom. The lowest BCUT2D eigenvalue weighted by atomic mass is 9.99. The van der Waals surface area contributed by atoms with E-state index < -0.39 is 31.0 Å². The number of nitro groups is 1. The van der Waals surface area contributed by atoms with Gasteiger partial charge >= 0.3 is 0 Å². The Hall–Kier alpha value is -2.99. The fourth-order valence-corrected chi connectivity index (χ4v) is 4.59. The second-order valence-corrected chi connectivity index (χ2v) is 10.6. The predicted molar refractivity (Wildman–Crippen MR) is 113 cm³/mol. The molecule has 1 heterocycles. The van der Waals surface area contributed by atoms with Crippen molar-refractivity contribution < 1.29 is 21.8 Å². The van der Waals surface area contributed by atoms with Crippen LogP contribution in [0, 0.1) is 10.1 Å². The van der Waals surface area contributed by atoms with E-state index in [0.29, 0.717) is 22.5 Å². The third-order valence-corrected chi connectivity index (χ3v) is 6.87. The standard InChI is InChI=1S/C18H20N4O6S2/c1-3-30(27,28)20-15-9-7-13(8-10-15)17-12-18(21(19-17)29(2,25)26)14-5-4-6-16(11-14)22(23)24/h4-11,18,20H,3,12H2,1-2H3/t18-/m1/s1. The molecule has 0 unspecified atom stereocenters. The summed E-state index contributed by atoms with van der Waals surface area (Å²) in [4.78, 5) is 10.5. The maximum absolute atomic E-state index is 12.3. The SMILES string of the molecule is CCS(=O)(=O)Nc1ccc(C2=NN(S(C)(=O)=O)[C@@H](c3cccc([N+](=O)[O-])c3)C2)cc1. The zero-order chi connectivity index (χ0) is 22.1. The molecule has 10 nitrogen and oxygen atoms in total. The van der Waals surface area contributed by atoms with Crippen LogP contribution in [0.5, 0.6) is 0 Å². The number of nitrogens with one attached hydrogen (secondary N) is 1. The summed E-state index contributed by atoms with van der Waals surface area (Å²) in [5.74, 6) is -0.0598. The fraction of sp³-hybridized carbons (Fsp3) is 0.278. The minimum Gasteiger partial charge on any atom is -0.284 e. The normalized spacial score (nSPS) is 16.9. The van der Waals surface area contributed by atoms with Crippen LogP contribution in [0.2, 0.25) is 0 Å². The lowest BCUT2D eigenvalue weighted by Crippen LogP contribution is -2.25. The molecule has 3 rings (SSSR count). The summed E-state index contributed by atoms with van der Waals surface area (Å²) in [6.45, 7) is 1.53. The first-order valence-electron chi connectivity index (χ1n) is 8.92. The van der Waals surface area contributed by atoms with E-state index in [4.69, 9.17) is 0 Å². The number of hydrogen-bond acceptors (Lipinski definition) is 7. The van der Waals surface area contributed by atoms with Crippen LogP contribution in [0.25, 0.3) is 0 Å². The second kappa shape index (κ2) is 8.03. The van der Waals surface area contributed by atoms with Gasteiger partial charge in [-0.05, 0) is 30.2 Å². The van der Waals surface area contributed by atoms with Gasteiger partial charge in [0.1, 0.15) is 0 Å². The Bertz CT molecular complexity index is 1210. The van der Waals surface area contributed by atoms with Gasteiger partial charge in [0.25, 0.3) is 5.69 Å². The van der Waals surface area contributed by atoms with Crippen molar-refractivity contribution in [3.63, 3.8) is 0 Å². The van der Waals surface area contributed by atoms with E-state index in [9.17, 15) is 26.9 Å². The smallest absolute Gasteiger partial charge is 0.269 e. The summed E-state index contributed by atoms with van der Waals surface area (Å²) < 4.78 is 51.3. The van der Waals surface area contributed by atoms with Crippen molar-refractivity contribution in [1.82, 2.24) is 4.41 Å². The van der Waals surface area contributed by atoms with Gasteiger partial charge in [-0.25, -0.2) is 16.8 Å². The molecule has 0 bridgehead atoms. The van der Waals surface area contributed by atoms with Crippen LogP contribution in [-0.4, -0.2) is 43.9 Å². The van der Waals surface area contributed by atoms with Crippen LogP contribution in [0.3, 0.4) is 0 Å². The van der Waals surface area contributed by atoms with Gasteiger partial charge in [-0.15, -0.1) is 0 Å². The first-order valence-corrected chi connectivity index (χ1v) is 12.4. The van der Waals surface area contributed by atoms with Crippen LogP contribution >= 0.6 is 0 Å². The Kier molecular flexibility index (Phi) is 5.81. The average molecular weight is 453 g/mol. The molecule has 0 amide bonds. The van der Waals surface area contributed by atoms with Gasteiger partial charge in [0.2, 0.25) is 20.0 Å². The molecule has 1 atom stereocenters. The number of non-ortho nitro benzene ring substituents is 1. The van der Waals surface area contributed by atoms with E-state index in [1.54, 1.807) is 30.3 Å². The molecule has 2 aromatic rings. The molecule has 0 radical (unpaired) electrons. The van der Waals surface area contributed by atoms with Crippen molar-refractivity contribution in [1.29, 1.82) is 0 Å². The highest BCUT2D eigenvalue weighted by molar-refractivity contribution is 7.92. The zero-order valence-corrected chi connectivity index (χ0v) is 17.9. The van der Waals surface area contributed by atoms with E-state index in [1.165, 1.54) is 25.1 Å². The molecule has 0 fully saturated rings. The molecule has 1 N–H and O–H groups in total. The van der Waals surface area contributed by atoms with E-state index in [-0.39, 0.29) is 17.9 Å². The van der Waals surface area contributed by atoms with Crippen LogP contribution in [0.1, 0.15) is 30.5 Å². The number of sulfonamides is 2. The lowest BCUT2D eigenvalue weighted by Gasteiger charge is -2.21. The summed E-state index contributed by atoms with van der Waals surface area (Å²) in [6.07, 6.45) is 1.24. The van der Waals surface area contributed by atoms with Gasteiger partial charge in [-0.2, -0.15) is 9.52 Å². The molecule has 1 aliphatic rings. The van der Waals surface area contributed by atoms with Crippen molar-refractivity contribution in [2.45, 2.75) is 19.4 Å². The fourth-order valence-electron chi connectivity index (χ4n) is 3.04. The highest BCUT2D eigenvalue weighted by Crippen LogP contribution is 2.35. The summed E-state index contributed by atoms with van der Waals surface area (Å²) in [5, 5.41) is 15.3. The minimum atomic E-state index is -3.73. The topological polar surface area (TPSA) is 139 Å². The number of nitro benzene ring substituents is 1. The number of benzene rings is 2. The van der Waals surface area contributed by atoms with Crippen LogP contribution < -0.4 is 4.72 Å². The zero-order valence-electron chi connectivity index (χ0n) is 16.2. The Morgan fingerprint density at radius 3 is 2.40 bits per heavy atom. The molecule has 0 saturated heterocycles. The largest absolute Gasteiger partial charge is 0.284 e. The maximum atomic E-state index is 12.3. The molecule has 1 aliphatic heterocycles. The highest BCUT2D eigenvalue weighted by atomic mass is 32.2. The predicted octanol–water partition coefficient (Wildman–Crippen LogP) is 2.47. The van der Waals surface area contributed by atoms with Crippen molar-refractivity contribution in [2.75, 3.05) is 16.7 Å². The van der Waals surface area contributed by atoms with Gasteiger partial charge in [-0.3, -0.25) is 14.8 Å². The molecule has 30 heavy (non-hydrogen) atoms. The molecule has 12 heteroatoms. The van der Waals surface area contributed by atoms with Crippen LogP contribution in [0.4, 0.5) is 11.4 Å². The molecule has 160 valence electrons. The van der Waals surface area contributed by atoms with Crippen LogP contribution in [-0.2, 0) is 20.0 Å². The number of nitrogens with zero attached hydrogens (tertiary/aromatic N) is 3. The van der Waals surface area contributed by atoms with E-state index in [1.807, 2.05) is 0 Å². The summed E-state index contributed by atoms with van der Waals surface area (Å²) in [7, 11) is -7.14. The molecular weight excluding hydrogens is 432 g/mol. The third-order valence-electron chi connectivity index (χ3n) is 4.55. The monoisotopic (exact) mass is 452 g/mol. The first kappa shape index (κ1) is 21.7. The number of rotatable bonds is 7.